The minimum atomic E-state index is -2.86. The van der Waals surface area contributed by atoms with Crippen LogP contribution in [0, 0.1) is 0 Å². The fourth-order valence-electron chi connectivity index (χ4n) is 0.968. The topological polar surface area (TPSA) is 49.5 Å². The summed E-state index contributed by atoms with van der Waals surface area (Å²) in [4.78, 5) is 1.29. The molecule has 0 amide bonds. The summed E-state index contributed by atoms with van der Waals surface area (Å²) in [6.07, 6.45) is 1.43. The maximum Gasteiger partial charge on any atom is 0.0577 e. The van der Waals surface area contributed by atoms with Crippen molar-refractivity contribution in [1.82, 2.24) is 4.90 Å². The molecule has 0 aromatic carbocycles. The van der Waals surface area contributed by atoms with Crippen LogP contribution in [-0.4, -0.2) is 42.2 Å². The zero-order valence-corrected chi connectivity index (χ0v) is 7.88. The van der Waals surface area contributed by atoms with Crippen molar-refractivity contribution in [3.05, 3.63) is 0 Å². The highest BCUT2D eigenvalue weighted by molar-refractivity contribution is 4.58. The Kier molecular flexibility index (Phi) is 3.98. The summed E-state index contributed by atoms with van der Waals surface area (Å²) in [6, 6.07) is 0.0514. The lowest BCUT2D eigenvalue weighted by atomic mass is 10.2. The molecule has 0 aliphatic carbocycles. The number of hydrogen-bond donors (Lipinski definition) is 2. The molecule has 0 spiro atoms. The Hall–Kier alpha value is -0.120. The van der Waals surface area contributed by atoms with Crippen LogP contribution in [0.15, 0.2) is 0 Å². The van der Waals surface area contributed by atoms with E-state index in [1.807, 2.05) is 6.92 Å². The molecule has 1 unspecified atom stereocenters. The van der Waals surface area contributed by atoms with Gasteiger partial charge in [0.15, 0.2) is 0 Å². The fourth-order valence-corrected chi connectivity index (χ4v) is 0.968. The summed E-state index contributed by atoms with van der Waals surface area (Å²) in [5.74, 6) is 0. The van der Waals surface area contributed by atoms with E-state index in [2.05, 4.69) is 0 Å². The predicted octanol–water partition coefficient (Wildman–Crippen LogP) is 0.428. The van der Waals surface area contributed by atoms with Gasteiger partial charge in [0.1, 0.15) is 0 Å². The standard InChI is InChI=1S/C9H22N2O/c1-3-11(7-8-12)6-4-5-9(2)10/h9,12H,3-8,10H2,1-2H3/i7D2,8D2. The highest BCUT2D eigenvalue weighted by Crippen LogP contribution is 1.96. The van der Waals surface area contributed by atoms with E-state index in [0.717, 1.165) is 6.42 Å². The molecule has 0 aliphatic rings. The lowest BCUT2D eigenvalue weighted by molar-refractivity contribution is 0.199. The second-order valence-corrected chi connectivity index (χ2v) is 2.92. The third kappa shape index (κ3) is 6.58. The molecule has 0 heterocycles. The summed E-state index contributed by atoms with van der Waals surface area (Å²) in [7, 11) is 0. The van der Waals surface area contributed by atoms with Crippen LogP contribution in [0.3, 0.4) is 0 Å². The van der Waals surface area contributed by atoms with Gasteiger partial charge in [-0.1, -0.05) is 6.92 Å². The van der Waals surface area contributed by atoms with Crippen LogP contribution in [0.1, 0.15) is 32.2 Å². The number of hydrogen-bond acceptors (Lipinski definition) is 3. The summed E-state index contributed by atoms with van der Waals surface area (Å²) in [6.45, 7) is -0.917. The molecule has 3 N–H and O–H groups in total. The smallest absolute Gasteiger partial charge is 0.0577 e. The van der Waals surface area contributed by atoms with Gasteiger partial charge in [0.05, 0.1) is 9.30 Å². The maximum atomic E-state index is 9.15. The molecule has 12 heavy (non-hydrogen) atoms. The number of nitrogens with zero attached hydrogens (tertiary/aromatic N) is 1. The molecule has 0 aliphatic heterocycles. The predicted molar refractivity (Wildman–Crippen MR) is 52.1 cm³/mol. The summed E-state index contributed by atoms with van der Waals surface area (Å²) < 4.78 is 29.3. The first-order valence-electron chi connectivity index (χ1n) is 6.36. The van der Waals surface area contributed by atoms with Crippen molar-refractivity contribution in [2.45, 2.75) is 32.7 Å². The van der Waals surface area contributed by atoms with Gasteiger partial charge in [-0.25, -0.2) is 0 Å². The third-order valence-corrected chi connectivity index (χ3v) is 1.68. The van der Waals surface area contributed by atoms with Gasteiger partial charge < -0.3 is 15.7 Å². The van der Waals surface area contributed by atoms with E-state index >= 15 is 0 Å². The van der Waals surface area contributed by atoms with Crippen molar-refractivity contribution in [3.8, 4) is 0 Å². The zero-order valence-electron chi connectivity index (χ0n) is 11.9. The van der Waals surface area contributed by atoms with E-state index in [9.17, 15) is 0 Å². The quantitative estimate of drug-likeness (QED) is 0.594. The first kappa shape index (κ1) is 6.35. The van der Waals surface area contributed by atoms with Gasteiger partial charge in [-0.2, -0.15) is 0 Å². The first-order valence-corrected chi connectivity index (χ1v) is 4.36. The third-order valence-electron chi connectivity index (χ3n) is 1.68. The summed E-state index contributed by atoms with van der Waals surface area (Å²) in [5.41, 5.74) is 5.58. The SMILES string of the molecule is [2H]C([2H])(O)C([2H])([2H])N(CC)CCCC(C)N. The molecule has 1 atom stereocenters. The molecule has 0 rings (SSSR count). The highest BCUT2D eigenvalue weighted by atomic mass is 16.3. The minimum absolute atomic E-state index is 0.0514. The Labute approximate surface area is 81.2 Å². The average molecular weight is 178 g/mol. The van der Waals surface area contributed by atoms with E-state index in [1.165, 1.54) is 4.90 Å². The van der Waals surface area contributed by atoms with Crippen LogP contribution >= 0.6 is 0 Å². The van der Waals surface area contributed by atoms with Crippen molar-refractivity contribution in [2.24, 2.45) is 5.73 Å². The van der Waals surface area contributed by atoms with E-state index in [1.54, 1.807) is 6.92 Å². The van der Waals surface area contributed by atoms with Crippen LogP contribution in [0.5, 0.6) is 0 Å². The zero-order chi connectivity index (χ0) is 13.0. The van der Waals surface area contributed by atoms with Crippen LogP contribution in [-0.2, 0) is 0 Å². The molecule has 0 saturated heterocycles. The second kappa shape index (κ2) is 7.53. The largest absolute Gasteiger partial charge is 0.395 e. The number of nitrogens with two attached hydrogens (primary N) is 1. The van der Waals surface area contributed by atoms with Crippen molar-refractivity contribution in [2.75, 3.05) is 26.1 Å². The normalized spacial score (nSPS) is 21.1. The van der Waals surface area contributed by atoms with E-state index in [4.69, 9.17) is 16.3 Å². The molecule has 0 aromatic rings. The lowest BCUT2D eigenvalue weighted by Crippen LogP contribution is -2.28. The van der Waals surface area contributed by atoms with Crippen molar-refractivity contribution < 1.29 is 10.6 Å². The van der Waals surface area contributed by atoms with Crippen LogP contribution in [0.25, 0.3) is 0 Å². The lowest BCUT2D eigenvalue weighted by Gasteiger charge is -2.19. The second-order valence-electron chi connectivity index (χ2n) is 2.92. The maximum absolute atomic E-state index is 9.15. The van der Waals surface area contributed by atoms with Crippen LogP contribution in [0.4, 0.5) is 0 Å². The van der Waals surface area contributed by atoms with Crippen molar-refractivity contribution >= 4 is 0 Å². The Morgan fingerprint density at radius 1 is 1.67 bits per heavy atom. The number of aliphatic hydroxyl groups is 1. The molecule has 0 bridgehead atoms. The van der Waals surface area contributed by atoms with Gasteiger partial charge in [-0.3, -0.25) is 0 Å². The van der Waals surface area contributed by atoms with E-state index < -0.39 is 13.1 Å². The van der Waals surface area contributed by atoms with Crippen LogP contribution < -0.4 is 5.73 Å². The molecule has 0 aromatic heterocycles. The molecular formula is C9H22N2O. The molecule has 3 nitrogen and oxygen atoms in total. The molecule has 74 valence electrons. The highest BCUT2D eigenvalue weighted by Gasteiger charge is 2.01. The van der Waals surface area contributed by atoms with Gasteiger partial charge >= 0.3 is 0 Å². The Bertz CT molecular complexity index is 206. The van der Waals surface area contributed by atoms with Crippen LogP contribution in [0.2, 0.25) is 0 Å². The van der Waals surface area contributed by atoms with Gasteiger partial charge in [0, 0.05) is 15.3 Å². The average Bonchev–Trinajstić information content (AvgIpc) is 2.09. The Balaban J connectivity index is 4.38. The Morgan fingerprint density at radius 3 is 2.75 bits per heavy atom. The van der Waals surface area contributed by atoms with Crippen molar-refractivity contribution in [3.63, 3.8) is 0 Å². The fraction of sp³-hybridized carbons (Fsp3) is 1.00. The Morgan fingerprint density at radius 2 is 2.33 bits per heavy atom. The first-order chi connectivity index (χ1) is 7.13. The molecule has 0 fully saturated rings. The van der Waals surface area contributed by atoms with Gasteiger partial charge in [0.25, 0.3) is 0 Å². The summed E-state index contributed by atoms with van der Waals surface area (Å²) >= 11 is 0. The molecule has 0 saturated carbocycles. The number of likely N-dealkylation sites (N-methyl/N-ethyl adjacent to an activating group) is 1. The molecule has 0 radical (unpaired) electrons. The van der Waals surface area contributed by atoms with Crippen molar-refractivity contribution in [1.29, 1.82) is 0 Å². The van der Waals surface area contributed by atoms with Gasteiger partial charge in [-0.15, -0.1) is 0 Å². The van der Waals surface area contributed by atoms with E-state index in [-0.39, 0.29) is 6.04 Å². The number of rotatable bonds is 7. The monoisotopic (exact) mass is 178 g/mol. The minimum Gasteiger partial charge on any atom is -0.395 e. The molecular weight excluding hydrogens is 152 g/mol. The summed E-state index contributed by atoms with van der Waals surface area (Å²) in [5, 5.41) is 9.15. The van der Waals surface area contributed by atoms with E-state index in [0.29, 0.717) is 19.5 Å². The molecule has 3 heteroatoms. The van der Waals surface area contributed by atoms with Gasteiger partial charge in [0.2, 0.25) is 0 Å². The van der Waals surface area contributed by atoms with Gasteiger partial charge in [-0.05, 0) is 32.9 Å².